The maximum absolute atomic E-state index is 9.36. The van der Waals surface area contributed by atoms with Crippen LogP contribution >= 0.6 is 0 Å². The summed E-state index contributed by atoms with van der Waals surface area (Å²) in [4.78, 5) is 0. The molecule has 0 aromatic heterocycles. The Kier molecular flexibility index (Phi) is 3.30. The van der Waals surface area contributed by atoms with E-state index in [2.05, 4.69) is 59.9 Å². The van der Waals surface area contributed by atoms with Gasteiger partial charge in [-0.2, -0.15) is 5.26 Å². The predicted molar refractivity (Wildman–Crippen MR) is 81.0 cm³/mol. The van der Waals surface area contributed by atoms with Gasteiger partial charge in [0.1, 0.15) is 0 Å². The van der Waals surface area contributed by atoms with E-state index in [1.807, 2.05) is 13.1 Å². The summed E-state index contributed by atoms with van der Waals surface area (Å²) in [5.41, 5.74) is 3.45. The Bertz CT molecular complexity index is 619. The van der Waals surface area contributed by atoms with Crippen LogP contribution in [0.3, 0.4) is 0 Å². The summed E-state index contributed by atoms with van der Waals surface area (Å²) in [7, 11) is 1.94. The van der Waals surface area contributed by atoms with Gasteiger partial charge in [-0.05, 0) is 36.6 Å². The first-order valence-corrected chi connectivity index (χ1v) is 7.03. The maximum Gasteiger partial charge on any atom is 0.0769 e. The Labute approximate surface area is 120 Å². The van der Waals surface area contributed by atoms with Gasteiger partial charge in [-0.15, -0.1) is 0 Å². The highest BCUT2D eigenvalue weighted by Crippen LogP contribution is 2.54. The lowest BCUT2D eigenvalue weighted by molar-refractivity contribution is 0.444. The van der Waals surface area contributed by atoms with E-state index < -0.39 is 0 Å². The fourth-order valence-electron chi connectivity index (χ4n) is 2.86. The molecule has 0 heterocycles. The topological polar surface area (TPSA) is 35.8 Å². The molecule has 2 aromatic rings. The minimum Gasteiger partial charge on any atom is -0.312 e. The van der Waals surface area contributed by atoms with Crippen molar-refractivity contribution < 1.29 is 0 Å². The highest BCUT2D eigenvalue weighted by molar-refractivity contribution is 5.63. The zero-order valence-electron chi connectivity index (χ0n) is 11.6. The summed E-state index contributed by atoms with van der Waals surface area (Å²) in [5, 5.41) is 12.7. The first-order valence-electron chi connectivity index (χ1n) is 7.03. The van der Waals surface area contributed by atoms with Crippen LogP contribution < -0.4 is 5.32 Å². The Morgan fingerprint density at radius 2 is 1.60 bits per heavy atom. The van der Waals surface area contributed by atoms with Gasteiger partial charge in [-0.25, -0.2) is 0 Å². The minimum absolute atomic E-state index is 0.136. The summed E-state index contributed by atoms with van der Waals surface area (Å²) in [6.45, 7) is 0. The van der Waals surface area contributed by atoms with Crippen molar-refractivity contribution >= 4 is 0 Å². The molecular formula is C18H18N2. The first-order chi connectivity index (χ1) is 9.79. The molecule has 0 saturated heterocycles. The monoisotopic (exact) mass is 262 g/mol. The van der Waals surface area contributed by atoms with Crippen molar-refractivity contribution in [3.8, 4) is 17.2 Å². The van der Waals surface area contributed by atoms with Gasteiger partial charge in [0.05, 0.1) is 17.5 Å². The highest BCUT2D eigenvalue weighted by atomic mass is 14.9. The van der Waals surface area contributed by atoms with Gasteiger partial charge in [-0.3, -0.25) is 0 Å². The minimum atomic E-state index is -0.191. The third-order valence-corrected chi connectivity index (χ3v) is 4.20. The molecule has 100 valence electrons. The van der Waals surface area contributed by atoms with Gasteiger partial charge in [0, 0.05) is 0 Å². The quantitative estimate of drug-likeness (QED) is 0.906. The standard InChI is InChI=1S/C18H18N2/c1-20-17(18(13-19)11-12-18)16-9-7-15(8-10-16)14-5-3-2-4-6-14/h2-10,17,20H,11-12H2,1H3. The molecule has 1 unspecified atom stereocenters. The molecule has 2 heteroatoms. The fraction of sp³-hybridized carbons (Fsp3) is 0.278. The molecule has 1 aliphatic carbocycles. The molecule has 1 fully saturated rings. The van der Waals surface area contributed by atoms with Gasteiger partial charge in [0.25, 0.3) is 0 Å². The Morgan fingerprint density at radius 1 is 1.00 bits per heavy atom. The molecule has 1 N–H and O–H groups in total. The largest absolute Gasteiger partial charge is 0.312 e. The summed E-state index contributed by atoms with van der Waals surface area (Å²) in [5.74, 6) is 0. The summed E-state index contributed by atoms with van der Waals surface area (Å²) in [6.07, 6.45) is 1.99. The number of rotatable bonds is 4. The van der Waals surface area contributed by atoms with Gasteiger partial charge in [-0.1, -0.05) is 54.6 Å². The smallest absolute Gasteiger partial charge is 0.0769 e. The Morgan fingerprint density at radius 3 is 2.10 bits per heavy atom. The van der Waals surface area contributed by atoms with Crippen LogP contribution in [0.2, 0.25) is 0 Å². The van der Waals surface area contributed by atoms with Gasteiger partial charge >= 0.3 is 0 Å². The lowest BCUT2D eigenvalue weighted by Gasteiger charge is -2.21. The van der Waals surface area contributed by atoms with Crippen LogP contribution in [0.15, 0.2) is 54.6 Å². The van der Waals surface area contributed by atoms with Gasteiger partial charge < -0.3 is 5.32 Å². The molecule has 0 bridgehead atoms. The molecule has 2 aromatic carbocycles. The van der Waals surface area contributed by atoms with Crippen LogP contribution in [0.4, 0.5) is 0 Å². The number of hydrogen-bond acceptors (Lipinski definition) is 2. The van der Waals surface area contributed by atoms with Crippen molar-refractivity contribution in [1.82, 2.24) is 5.32 Å². The molecule has 2 nitrogen and oxygen atoms in total. The average molecular weight is 262 g/mol. The average Bonchev–Trinajstić information content (AvgIpc) is 3.31. The van der Waals surface area contributed by atoms with Crippen molar-refractivity contribution in [3.05, 3.63) is 60.2 Å². The lowest BCUT2D eigenvalue weighted by Crippen LogP contribution is -2.25. The number of nitrogens with one attached hydrogen (secondary N) is 1. The van der Waals surface area contributed by atoms with E-state index in [0.29, 0.717) is 0 Å². The number of nitrogens with zero attached hydrogens (tertiary/aromatic N) is 1. The van der Waals surface area contributed by atoms with E-state index in [1.165, 1.54) is 16.7 Å². The van der Waals surface area contributed by atoms with Crippen LogP contribution in [0.1, 0.15) is 24.4 Å². The molecule has 0 amide bonds. The zero-order chi connectivity index (χ0) is 14.0. The van der Waals surface area contributed by atoms with Crippen molar-refractivity contribution in [3.63, 3.8) is 0 Å². The molecule has 0 radical (unpaired) electrons. The number of hydrogen-bond donors (Lipinski definition) is 1. The van der Waals surface area contributed by atoms with E-state index in [1.54, 1.807) is 0 Å². The van der Waals surface area contributed by atoms with Crippen molar-refractivity contribution in [1.29, 1.82) is 5.26 Å². The summed E-state index contributed by atoms with van der Waals surface area (Å²) in [6, 6.07) is 21.5. The lowest BCUT2D eigenvalue weighted by atomic mass is 9.90. The Balaban J connectivity index is 1.88. The molecule has 1 saturated carbocycles. The third-order valence-electron chi connectivity index (χ3n) is 4.20. The SMILES string of the molecule is CNC(c1ccc(-c2ccccc2)cc1)C1(C#N)CC1. The second-order valence-corrected chi connectivity index (χ2v) is 5.48. The normalized spacial score (nSPS) is 17.2. The zero-order valence-corrected chi connectivity index (χ0v) is 11.6. The number of nitriles is 1. The summed E-state index contributed by atoms with van der Waals surface area (Å²) < 4.78 is 0. The van der Waals surface area contributed by atoms with E-state index in [9.17, 15) is 5.26 Å². The van der Waals surface area contributed by atoms with Crippen molar-refractivity contribution in [2.24, 2.45) is 5.41 Å². The number of benzene rings is 2. The molecular weight excluding hydrogens is 244 g/mol. The molecule has 0 spiro atoms. The van der Waals surface area contributed by atoms with Crippen molar-refractivity contribution in [2.75, 3.05) is 7.05 Å². The second kappa shape index (κ2) is 5.11. The first kappa shape index (κ1) is 12.9. The van der Waals surface area contributed by atoms with E-state index in [0.717, 1.165) is 12.8 Å². The third kappa shape index (κ3) is 2.21. The van der Waals surface area contributed by atoms with E-state index in [4.69, 9.17) is 0 Å². The maximum atomic E-state index is 9.36. The van der Waals surface area contributed by atoms with Crippen LogP contribution in [0.25, 0.3) is 11.1 Å². The molecule has 1 aliphatic rings. The van der Waals surface area contributed by atoms with Crippen LogP contribution in [-0.4, -0.2) is 7.05 Å². The van der Waals surface area contributed by atoms with Gasteiger partial charge in [0.2, 0.25) is 0 Å². The molecule has 0 aliphatic heterocycles. The highest BCUT2D eigenvalue weighted by Gasteiger charge is 2.50. The van der Waals surface area contributed by atoms with Crippen LogP contribution in [0, 0.1) is 16.7 Å². The van der Waals surface area contributed by atoms with Crippen LogP contribution in [0.5, 0.6) is 0 Å². The predicted octanol–water partition coefficient (Wildman–Crippen LogP) is 3.92. The van der Waals surface area contributed by atoms with E-state index >= 15 is 0 Å². The summed E-state index contributed by atoms with van der Waals surface area (Å²) >= 11 is 0. The molecule has 3 rings (SSSR count). The van der Waals surface area contributed by atoms with Crippen molar-refractivity contribution in [2.45, 2.75) is 18.9 Å². The van der Waals surface area contributed by atoms with Gasteiger partial charge in [0.15, 0.2) is 0 Å². The second-order valence-electron chi connectivity index (χ2n) is 5.48. The van der Waals surface area contributed by atoms with Crippen LogP contribution in [-0.2, 0) is 0 Å². The van der Waals surface area contributed by atoms with E-state index in [-0.39, 0.29) is 11.5 Å². The molecule has 1 atom stereocenters. The molecule has 20 heavy (non-hydrogen) atoms. The fourth-order valence-corrected chi connectivity index (χ4v) is 2.86. The Hall–Kier alpha value is -2.11.